The first kappa shape index (κ1) is 10.7. The van der Waals surface area contributed by atoms with Crippen LogP contribution in [0.2, 0.25) is 0 Å². The molecule has 0 amide bonds. The van der Waals surface area contributed by atoms with Crippen LogP contribution in [0.3, 0.4) is 0 Å². The second-order valence-electron chi connectivity index (χ2n) is 2.74. The molecule has 1 rings (SSSR count). The van der Waals surface area contributed by atoms with Crippen LogP contribution >= 0.6 is 0 Å². The summed E-state index contributed by atoms with van der Waals surface area (Å²) >= 11 is 0. The third kappa shape index (κ3) is 3.55. The highest BCUT2D eigenvalue weighted by atomic mass is 19.4. The van der Waals surface area contributed by atoms with Gasteiger partial charge in [-0.05, 0) is 6.42 Å². The van der Waals surface area contributed by atoms with Crippen LogP contribution in [0.5, 0.6) is 0 Å². The zero-order valence-corrected chi connectivity index (χ0v) is 7.16. The number of halogens is 3. The van der Waals surface area contributed by atoms with E-state index < -0.39 is 12.6 Å². The largest absolute Gasteiger partial charge is 0.389 e. The molecule has 0 spiro atoms. The Kier molecular flexibility index (Phi) is 3.21. The number of hydrogen-bond donors (Lipinski definition) is 0. The molecule has 1 aromatic rings. The van der Waals surface area contributed by atoms with Gasteiger partial charge >= 0.3 is 6.18 Å². The van der Waals surface area contributed by atoms with Crippen molar-refractivity contribution in [2.45, 2.75) is 25.6 Å². The fraction of sp³-hybridized carbons (Fsp3) is 0.571. The van der Waals surface area contributed by atoms with Crippen LogP contribution < -0.4 is 0 Å². The van der Waals surface area contributed by atoms with E-state index in [1.165, 1.54) is 10.9 Å². The average molecular weight is 207 g/mol. The zero-order chi connectivity index (χ0) is 10.6. The Bertz CT molecular complexity index is 307. The van der Waals surface area contributed by atoms with E-state index in [1.54, 1.807) is 0 Å². The lowest BCUT2D eigenvalue weighted by molar-refractivity contribution is -0.136. The number of alkyl halides is 3. The summed E-state index contributed by atoms with van der Waals surface area (Å²) in [6.07, 6.45) is -3.26. The minimum Gasteiger partial charge on any atom is -0.296 e. The third-order valence-electron chi connectivity index (χ3n) is 1.52. The van der Waals surface area contributed by atoms with E-state index in [0.717, 1.165) is 0 Å². The molecule has 4 nitrogen and oxygen atoms in total. The topological polar surface area (TPSA) is 47.8 Å². The van der Waals surface area contributed by atoms with Crippen LogP contribution in [0.15, 0.2) is 6.20 Å². The molecule has 0 radical (unpaired) electrons. The Labute approximate surface area is 77.7 Å². The van der Waals surface area contributed by atoms with Crippen molar-refractivity contribution in [1.29, 1.82) is 0 Å². The zero-order valence-electron chi connectivity index (χ0n) is 7.16. The number of carbonyl (C=O) groups is 1. The third-order valence-corrected chi connectivity index (χ3v) is 1.52. The van der Waals surface area contributed by atoms with Crippen LogP contribution in [0.25, 0.3) is 0 Å². The van der Waals surface area contributed by atoms with Gasteiger partial charge in [-0.25, -0.2) is 0 Å². The molecule has 0 atom stereocenters. The van der Waals surface area contributed by atoms with Crippen molar-refractivity contribution in [3.05, 3.63) is 11.9 Å². The highest BCUT2D eigenvalue weighted by Crippen LogP contribution is 2.21. The van der Waals surface area contributed by atoms with Gasteiger partial charge in [0.05, 0.1) is 6.20 Å². The second-order valence-corrected chi connectivity index (χ2v) is 2.74. The standard InChI is InChI=1S/C7H8F3N3O/c8-7(9,10)2-1-3-13-4-6(5-14)11-12-13/h4-5H,1-3H2. The van der Waals surface area contributed by atoms with E-state index in [-0.39, 0.29) is 18.7 Å². The predicted molar refractivity (Wildman–Crippen MR) is 40.7 cm³/mol. The Balaban J connectivity index is 2.35. The van der Waals surface area contributed by atoms with Gasteiger partial charge in [-0.1, -0.05) is 5.21 Å². The molecule has 0 fully saturated rings. The normalized spacial score (nSPS) is 11.6. The van der Waals surface area contributed by atoms with E-state index in [2.05, 4.69) is 10.3 Å². The van der Waals surface area contributed by atoms with Crippen molar-refractivity contribution in [1.82, 2.24) is 15.0 Å². The van der Waals surface area contributed by atoms with E-state index >= 15 is 0 Å². The molecule has 0 aliphatic rings. The lowest BCUT2D eigenvalue weighted by atomic mass is 10.3. The molecule has 7 heteroatoms. The summed E-state index contributed by atoms with van der Waals surface area (Å²) in [5.74, 6) is 0. The summed E-state index contributed by atoms with van der Waals surface area (Å²) in [5, 5.41) is 6.89. The molecule has 78 valence electrons. The summed E-state index contributed by atoms with van der Waals surface area (Å²) < 4.78 is 36.4. The first-order chi connectivity index (χ1) is 6.51. The highest BCUT2D eigenvalue weighted by molar-refractivity contribution is 5.70. The molecule has 0 aromatic carbocycles. The maximum absolute atomic E-state index is 11.7. The van der Waals surface area contributed by atoms with E-state index in [0.29, 0.717) is 6.29 Å². The van der Waals surface area contributed by atoms with Gasteiger partial charge in [0, 0.05) is 13.0 Å². The fourth-order valence-electron chi connectivity index (χ4n) is 0.918. The van der Waals surface area contributed by atoms with Gasteiger partial charge in [-0.15, -0.1) is 5.10 Å². The van der Waals surface area contributed by atoms with Crippen molar-refractivity contribution in [3.8, 4) is 0 Å². The van der Waals surface area contributed by atoms with Crippen LogP contribution in [0, 0.1) is 0 Å². The molecule has 0 N–H and O–H groups in total. The number of nitrogens with zero attached hydrogens (tertiary/aromatic N) is 3. The van der Waals surface area contributed by atoms with Crippen molar-refractivity contribution < 1.29 is 18.0 Å². The minimum absolute atomic E-state index is 0.0643. The monoisotopic (exact) mass is 207 g/mol. The number of aryl methyl sites for hydroxylation is 1. The SMILES string of the molecule is O=Cc1cn(CCCC(F)(F)F)nn1. The number of aromatic nitrogens is 3. The van der Waals surface area contributed by atoms with Crippen molar-refractivity contribution in [2.75, 3.05) is 0 Å². The summed E-state index contributed by atoms with van der Waals surface area (Å²) in [6.45, 7) is 0.111. The van der Waals surface area contributed by atoms with Gasteiger partial charge in [0.1, 0.15) is 5.69 Å². The van der Waals surface area contributed by atoms with Crippen LogP contribution in [0.4, 0.5) is 13.2 Å². The van der Waals surface area contributed by atoms with Gasteiger partial charge in [-0.2, -0.15) is 13.2 Å². The molecule has 0 aliphatic carbocycles. The van der Waals surface area contributed by atoms with E-state index in [9.17, 15) is 18.0 Å². The summed E-state index contributed by atoms with van der Waals surface area (Å²) in [6, 6.07) is 0. The molecular weight excluding hydrogens is 199 g/mol. The fourth-order valence-corrected chi connectivity index (χ4v) is 0.918. The summed E-state index contributed by atoms with van der Waals surface area (Å²) in [5.41, 5.74) is 0.122. The molecule has 0 saturated heterocycles. The van der Waals surface area contributed by atoms with Crippen LogP contribution in [0.1, 0.15) is 23.3 Å². The second kappa shape index (κ2) is 4.21. The van der Waals surface area contributed by atoms with Crippen LogP contribution in [-0.2, 0) is 6.54 Å². The van der Waals surface area contributed by atoms with Crippen LogP contribution in [-0.4, -0.2) is 27.5 Å². The van der Waals surface area contributed by atoms with Crippen molar-refractivity contribution >= 4 is 6.29 Å². The van der Waals surface area contributed by atoms with E-state index in [1.807, 2.05) is 0 Å². The lowest BCUT2D eigenvalue weighted by Crippen LogP contribution is -2.09. The predicted octanol–water partition coefficient (Wildman–Crippen LogP) is 1.43. The average Bonchev–Trinajstić information content (AvgIpc) is 2.50. The molecule has 14 heavy (non-hydrogen) atoms. The van der Waals surface area contributed by atoms with Gasteiger partial charge in [0.25, 0.3) is 0 Å². The van der Waals surface area contributed by atoms with Crippen molar-refractivity contribution in [2.24, 2.45) is 0 Å². The molecule has 0 unspecified atom stereocenters. The molecule has 0 aliphatic heterocycles. The summed E-state index contributed by atoms with van der Waals surface area (Å²) in [4.78, 5) is 10.2. The molecule has 0 bridgehead atoms. The van der Waals surface area contributed by atoms with Gasteiger partial charge in [0.15, 0.2) is 6.29 Å². The maximum Gasteiger partial charge on any atom is 0.389 e. The maximum atomic E-state index is 11.7. The van der Waals surface area contributed by atoms with Gasteiger partial charge in [0.2, 0.25) is 0 Å². The summed E-state index contributed by atoms with van der Waals surface area (Å²) in [7, 11) is 0. The molecule has 1 aromatic heterocycles. The molecular formula is C7H8F3N3O. The minimum atomic E-state index is -4.14. The number of hydrogen-bond acceptors (Lipinski definition) is 3. The number of carbonyl (C=O) groups excluding carboxylic acids is 1. The Morgan fingerprint density at radius 1 is 1.50 bits per heavy atom. The van der Waals surface area contributed by atoms with Gasteiger partial charge in [-0.3, -0.25) is 9.48 Å². The Hall–Kier alpha value is -1.40. The van der Waals surface area contributed by atoms with Crippen molar-refractivity contribution in [3.63, 3.8) is 0 Å². The highest BCUT2D eigenvalue weighted by Gasteiger charge is 2.26. The smallest absolute Gasteiger partial charge is 0.296 e. The Morgan fingerprint density at radius 3 is 2.71 bits per heavy atom. The van der Waals surface area contributed by atoms with Gasteiger partial charge < -0.3 is 0 Å². The Morgan fingerprint density at radius 2 is 2.21 bits per heavy atom. The first-order valence-electron chi connectivity index (χ1n) is 3.93. The number of rotatable bonds is 4. The molecule has 1 heterocycles. The molecule has 0 saturated carbocycles. The first-order valence-corrected chi connectivity index (χ1v) is 3.93. The lowest BCUT2D eigenvalue weighted by Gasteiger charge is -2.04. The quantitative estimate of drug-likeness (QED) is 0.701. The van der Waals surface area contributed by atoms with E-state index in [4.69, 9.17) is 0 Å². The number of aldehydes is 1.